The van der Waals surface area contributed by atoms with Crippen LogP contribution in [0.3, 0.4) is 0 Å². The predicted molar refractivity (Wildman–Crippen MR) is 93.7 cm³/mol. The number of hydrogen-bond acceptors (Lipinski definition) is 0. The molecular weight excluding hydrogens is 320 g/mol. The van der Waals surface area contributed by atoms with Crippen LogP contribution in [0.25, 0.3) is 16.8 Å². The van der Waals surface area contributed by atoms with E-state index in [9.17, 15) is 0 Å². The zero-order valence-electron chi connectivity index (χ0n) is 11.8. The van der Waals surface area contributed by atoms with E-state index in [-0.39, 0.29) is 0 Å². The highest BCUT2D eigenvalue weighted by Gasteiger charge is 2.22. The maximum Gasteiger partial charge on any atom is 0.0285 e. The third kappa shape index (κ3) is 1.96. The zero-order valence-corrected chi connectivity index (χ0v) is 13.4. The molecule has 21 heavy (non-hydrogen) atoms. The van der Waals surface area contributed by atoms with Gasteiger partial charge in [0.2, 0.25) is 0 Å². The van der Waals surface area contributed by atoms with Crippen LogP contribution in [0.1, 0.15) is 28.2 Å². The minimum atomic E-state index is 0.350. The fourth-order valence-corrected chi connectivity index (χ4v) is 3.84. The van der Waals surface area contributed by atoms with E-state index in [4.69, 9.17) is 0 Å². The Kier molecular flexibility index (Phi) is 2.97. The number of rotatable bonds is 1. The first-order chi connectivity index (χ1) is 10.3. The van der Waals surface area contributed by atoms with Gasteiger partial charge >= 0.3 is 0 Å². The van der Waals surface area contributed by atoms with E-state index in [0.717, 1.165) is 0 Å². The molecule has 1 aliphatic rings. The van der Waals surface area contributed by atoms with E-state index in [2.05, 4.69) is 89.6 Å². The lowest BCUT2D eigenvalue weighted by molar-refractivity contribution is 1.06. The van der Waals surface area contributed by atoms with Gasteiger partial charge in [0.1, 0.15) is 0 Å². The van der Waals surface area contributed by atoms with Crippen molar-refractivity contribution in [2.24, 2.45) is 0 Å². The minimum absolute atomic E-state index is 0.350. The second-order valence-electron chi connectivity index (χ2n) is 5.60. The Labute approximate surface area is 133 Å². The van der Waals surface area contributed by atoms with Gasteiger partial charge in [-0.1, -0.05) is 76.6 Å². The minimum Gasteiger partial charge on any atom is -0.0720 e. The lowest BCUT2D eigenvalue weighted by Crippen LogP contribution is -1.97. The summed E-state index contributed by atoms with van der Waals surface area (Å²) in [5.74, 6) is 0.350. The number of allylic oxidation sites excluding steroid dienone is 1. The summed E-state index contributed by atoms with van der Waals surface area (Å²) in [6.07, 6.45) is 4.55. The Morgan fingerprint density at radius 1 is 0.810 bits per heavy atom. The van der Waals surface area contributed by atoms with Crippen molar-refractivity contribution in [2.75, 3.05) is 0 Å². The molecule has 4 rings (SSSR count). The molecule has 0 saturated carbocycles. The Morgan fingerprint density at radius 2 is 1.52 bits per heavy atom. The number of hydrogen-bond donors (Lipinski definition) is 0. The Bertz CT molecular complexity index is 874. The van der Waals surface area contributed by atoms with Crippen molar-refractivity contribution in [1.29, 1.82) is 0 Å². The molecule has 1 heteroatoms. The number of fused-ring (bicyclic) bond motifs is 2. The van der Waals surface area contributed by atoms with Crippen LogP contribution >= 0.6 is 15.9 Å². The van der Waals surface area contributed by atoms with Gasteiger partial charge in [-0.15, -0.1) is 0 Å². The van der Waals surface area contributed by atoms with Crippen LogP contribution in [-0.2, 0) is 0 Å². The molecule has 0 heterocycles. The fourth-order valence-electron chi connectivity index (χ4n) is 3.33. The summed E-state index contributed by atoms with van der Waals surface area (Å²) in [7, 11) is 0. The molecule has 1 unspecified atom stereocenters. The maximum atomic E-state index is 3.66. The zero-order chi connectivity index (χ0) is 14.4. The Hall–Kier alpha value is -1.86. The van der Waals surface area contributed by atoms with Crippen molar-refractivity contribution in [2.45, 2.75) is 12.8 Å². The molecule has 0 nitrogen and oxygen atoms in total. The first-order valence-corrected chi connectivity index (χ1v) is 8.00. The van der Waals surface area contributed by atoms with Crippen LogP contribution < -0.4 is 0 Å². The molecule has 3 aromatic carbocycles. The van der Waals surface area contributed by atoms with Crippen LogP contribution in [-0.4, -0.2) is 0 Å². The molecule has 0 saturated heterocycles. The summed E-state index contributed by atoms with van der Waals surface area (Å²) in [5, 5.41) is 2.71. The van der Waals surface area contributed by atoms with Gasteiger partial charge in [-0.2, -0.15) is 0 Å². The molecule has 0 radical (unpaired) electrons. The van der Waals surface area contributed by atoms with Crippen LogP contribution in [0.15, 0.2) is 65.1 Å². The molecule has 1 atom stereocenters. The van der Waals surface area contributed by atoms with E-state index >= 15 is 0 Å². The summed E-state index contributed by atoms with van der Waals surface area (Å²) >= 11 is 3.66. The lowest BCUT2D eigenvalue weighted by atomic mass is 9.88. The van der Waals surface area contributed by atoms with Gasteiger partial charge < -0.3 is 0 Å². The third-order valence-corrected chi connectivity index (χ3v) is 5.08. The van der Waals surface area contributed by atoms with Crippen LogP contribution in [0, 0.1) is 6.92 Å². The molecule has 0 spiro atoms. The lowest BCUT2D eigenvalue weighted by Gasteiger charge is -2.15. The largest absolute Gasteiger partial charge is 0.0720 e. The molecule has 1 aliphatic carbocycles. The molecule has 0 N–H and O–H groups in total. The van der Waals surface area contributed by atoms with Crippen LogP contribution in [0.2, 0.25) is 0 Å². The van der Waals surface area contributed by atoms with Crippen molar-refractivity contribution in [3.05, 3.63) is 87.4 Å². The van der Waals surface area contributed by atoms with E-state index in [1.54, 1.807) is 0 Å². The average Bonchev–Trinajstić information content (AvgIpc) is 2.92. The molecule has 0 bridgehead atoms. The highest BCUT2D eigenvalue weighted by atomic mass is 79.9. The second kappa shape index (κ2) is 4.85. The van der Waals surface area contributed by atoms with Gasteiger partial charge in [-0.25, -0.2) is 0 Å². The third-order valence-electron chi connectivity index (χ3n) is 4.39. The number of halogens is 1. The molecule has 0 amide bonds. The average molecular weight is 335 g/mol. The van der Waals surface area contributed by atoms with Crippen molar-refractivity contribution in [1.82, 2.24) is 0 Å². The summed E-state index contributed by atoms with van der Waals surface area (Å²) in [6.45, 7) is 2.18. The standard InChI is InChI=1S/C20H15Br/c1-13-5-2-7-15-14(13)6-3-8-16(15)18-11-12-19-17(18)9-4-10-20(19)21/h2-12,18H,1H3. The summed E-state index contributed by atoms with van der Waals surface area (Å²) in [5.41, 5.74) is 5.43. The SMILES string of the molecule is Cc1cccc2c(C3C=Cc4c(Br)cccc43)cccc12. The van der Waals surface area contributed by atoms with Gasteiger partial charge in [0.15, 0.2) is 0 Å². The number of aryl methyl sites for hydroxylation is 1. The van der Waals surface area contributed by atoms with Crippen molar-refractivity contribution < 1.29 is 0 Å². The van der Waals surface area contributed by atoms with Crippen molar-refractivity contribution >= 4 is 32.8 Å². The van der Waals surface area contributed by atoms with Crippen LogP contribution in [0.5, 0.6) is 0 Å². The predicted octanol–water partition coefficient (Wildman–Crippen LogP) is 6.07. The molecule has 0 fully saturated rings. The van der Waals surface area contributed by atoms with E-state index in [0.29, 0.717) is 5.92 Å². The molecule has 102 valence electrons. The molecule has 0 aliphatic heterocycles. The molecule has 0 aromatic heterocycles. The van der Waals surface area contributed by atoms with Gasteiger partial charge in [-0.3, -0.25) is 0 Å². The van der Waals surface area contributed by atoms with Crippen LogP contribution in [0.4, 0.5) is 0 Å². The monoisotopic (exact) mass is 334 g/mol. The summed E-state index contributed by atoms with van der Waals surface area (Å²) < 4.78 is 1.18. The summed E-state index contributed by atoms with van der Waals surface area (Å²) in [4.78, 5) is 0. The Balaban J connectivity index is 1.97. The summed E-state index contributed by atoms with van der Waals surface area (Å²) in [6, 6.07) is 19.7. The van der Waals surface area contributed by atoms with Gasteiger partial charge in [0.05, 0.1) is 0 Å². The second-order valence-corrected chi connectivity index (χ2v) is 6.45. The highest BCUT2D eigenvalue weighted by Crippen LogP contribution is 2.41. The van der Waals surface area contributed by atoms with Gasteiger partial charge in [0.25, 0.3) is 0 Å². The topological polar surface area (TPSA) is 0 Å². The van der Waals surface area contributed by atoms with Crippen molar-refractivity contribution in [3.63, 3.8) is 0 Å². The fraction of sp³-hybridized carbons (Fsp3) is 0.100. The quantitative estimate of drug-likeness (QED) is 0.506. The normalized spacial score (nSPS) is 16.4. The first-order valence-electron chi connectivity index (χ1n) is 7.20. The van der Waals surface area contributed by atoms with E-state index in [1.165, 1.54) is 37.5 Å². The maximum absolute atomic E-state index is 3.66. The molecule has 3 aromatic rings. The smallest absolute Gasteiger partial charge is 0.0285 e. The Morgan fingerprint density at radius 3 is 2.43 bits per heavy atom. The highest BCUT2D eigenvalue weighted by molar-refractivity contribution is 9.10. The number of benzene rings is 3. The first kappa shape index (κ1) is 12.8. The van der Waals surface area contributed by atoms with Gasteiger partial charge in [-0.05, 0) is 46.0 Å². The molecular formula is C20H15Br. The van der Waals surface area contributed by atoms with Gasteiger partial charge in [0, 0.05) is 10.4 Å². The van der Waals surface area contributed by atoms with E-state index < -0.39 is 0 Å². The van der Waals surface area contributed by atoms with Crippen molar-refractivity contribution in [3.8, 4) is 0 Å². The van der Waals surface area contributed by atoms with E-state index in [1.807, 2.05) is 0 Å².